The van der Waals surface area contributed by atoms with Gasteiger partial charge in [0.15, 0.2) is 5.11 Å². The third-order valence-electron chi connectivity index (χ3n) is 6.00. The molecule has 0 unspecified atom stereocenters. The zero-order chi connectivity index (χ0) is 26.3. The van der Waals surface area contributed by atoms with Crippen LogP contribution in [-0.4, -0.2) is 24.8 Å². The van der Waals surface area contributed by atoms with Crippen molar-refractivity contribution in [1.29, 1.82) is 0 Å². The number of furan rings is 1. The zero-order valence-corrected chi connectivity index (χ0v) is 22.9. The molecule has 1 fully saturated rings. The third-order valence-corrected chi connectivity index (χ3v) is 7.65. The van der Waals surface area contributed by atoms with Crippen molar-refractivity contribution in [3.63, 3.8) is 0 Å². The Bertz CT molecular complexity index is 1590. The second kappa shape index (κ2) is 9.98. The largest absolute Gasteiger partial charge is 0.459 e. The van der Waals surface area contributed by atoms with E-state index in [1.165, 1.54) is 0 Å². The van der Waals surface area contributed by atoms with Crippen molar-refractivity contribution in [2.45, 2.75) is 19.0 Å². The van der Waals surface area contributed by atoms with Crippen molar-refractivity contribution >= 4 is 61.9 Å². The number of thiocarbonyl (C=S) groups is 1. The fourth-order valence-electron chi connectivity index (χ4n) is 4.35. The molecule has 0 aliphatic carbocycles. The minimum absolute atomic E-state index is 0.296. The monoisotopic (exact) mass is 572 g/mol. The van der Waals surface area contributed by atoms with Gasteiger partial charge in [-0.2, -0.15) is 0 Å². The fourth-order valence-corrected chi connectivity index (χ4v) is 5.62. The van der Waals surface area contributed by atoms with Crippen LogP contribution in [-0.2, 0) is 10.0 Å². The number of benzene rings is 2. The Balaban J connectivity index is 1.58. The molecule has 0 bridgehead atoms. The maximum absolute atomic E-state index is 11.8. The van der Waals surface area contributed by atoms with Gasteiger partial charge in [-0.15, -0.1) is 0 Å². The van der Waals surface area contributed by atoms with E-state index in [0.717, 1.165) is 28.8 Å². The summed E-state index contributed by atoms with van der Waals surface area (Å²) < 4.78 is 32.4. The van der Waals surface area contributed by atoms with Crippen LogP contribution in [0.5, 0.6) is 0 Å². The molecule has 37 heavy (non-hydrogen) atoms. The van der Waals surface area contributed by atoms with Crippen molar-refractivity contribution < 1.29 is 12.8 Å². The van der Waals surface area contributed by atoms with Crippen molar-refractivity contribution in [1.82, 2.24) is 10.3 Å². The van der Waals surface area contributed by atoms with Gasteiger partial charge in [0.2, 0.25) is 10.0 Å². The molecule has 0 saturated carbocycles. The van der Waals surface area contributed by atoms with Gasteiger partial charge >= 0.3 is 0 Å². The van der Waals surface area contributed by atoms with E-state index in [1.807, 2.05) is 60.4 Å². The number of sulfonamides is 1. The molecule has 1 saturated heterocycles. The number of nitrogens with one attached hydrogen (secondary N) is 2. The summed E-state index contributed by atoms with van der Waals surface area (Å²) >= 11 is 18.1. The number of aromatic nitrogens is 1. The first-order valence-corrected chi connectivity index (χ1v) is 14.3. The Morgan fingerprint density at radius 2 is 1.86 bits per heavy atom. The lowest BCUT2D eigenvalue weighted by Crippen LogP contribution is -2.29. The van der Waals surface area contributed by atoms with E-state index >= 15 is 0 Å². The van der Waals surface area contributed by atoms with Crippen LogP contribution in [0.15, 0.2) is 77.3 Å². The summed E-state index contributed by atoms with van der Waals surface area (Å²) in [5.74, 6) is 1.30. The average Bonchev–Trinajstić information content (AvgIpc) is 3.46. The summed E-state index contributed by atoms with van der Waals surface area (Å²) in [7, 11) is -3.41. The Morgan fingerprint density at radius 3 is 2.54 bits per heavy atom. The van der Waals surface area contributed by atoms with Crippen molar-refractivity contribution in [2.75, 3.05) is 15.9 Å². The molecule has 1 aliphatic heterocycles. The fraction of sp³-hybridized carbons (Fsp3) is 0.154. The number of nitrogens with zero attached hydrogens (tertiary/aromatic N) is 2. The standard InChI is InChI=1S/C26H22Cl2N4O3S2/c1-15-13-17(7-9-20(15)31-37(2,33)34)32-25(24(30-26(32)36)21-5-3-4-12-29-21)23-11-10-22(35-23)16-6-8-18(27)19(28)14-16/h3-14,24-25,31H,1-2H3,(H,30,36)/t24-,25-/m1/s1. The number of rotatable bonds is 6. The van der Waals surface area contributed by atoms with E-state index in [9.17, 15) is 8.42 Å². The average molecular weight is 574 g/mol. The third kappa shape index (κ3) is 5.31. The first-order chi connectivity index (χ1) is 17.6. The first kappa shape index (κ1) is 25.5. The molecule has 7 nitrogen and oxygen atoms in total. The number of aryl methyl sites for hydroxylation is 1. The number of halogens is 2. The summed E-state index contributed by atoms with van der Waals surface area (Å²) in [5.41, 5.74) is 3.63. The molecule has 2 aromatic heterocycles. The molecule has 11 heteroatoms. The van der Waals surface area contributed by atoms with Crippen molar-refractivity contribution in [3.8, 4) is 11.3 Å². The quantitative estimate of drug-likeness (QED) is 0.255. The first-order valence-electron chi connectivity index (χ1n) is 11.2. The Kier molecular flexibility index (Phi) is 6.89. The summed E-state index contributed by atoms with van der Waals surface area (Å²) in [6, 6.07) is 19.6. The van der Waals surface area contributed by atoms with Gasteiger partial charge in [0.1, 0.15) is 17.6 Å². The molecule has 2 aromatic carbocycles. The van der Waals surface area contributed by atoms with Gasteiger partial charge in [0.05, 0.1) is 33.7 Å². The number of hydrogen-bond donors (Lipinski definition) is 2. The van der Waals surface area contributed by atoms with Crippen LogP contribution in [0.25, 0.3) is 11.3 Å². The van der Waals surface area contributed by atoms with E-state index in [4.69, 9.17) is 39.8 Å². The molecule has 0 amide bonds. The summed E-state index contributed by atoms with van der Waals surface area (Å²) in [5, 5.41) is 4.79. The second-order valence-corrected chi connectivity index (χ2v) is 11.7. The topological polar surface area (TPSA) is 87.5 Å². The van der Waals surface area contributed by atoms with Crippen molar-refractivity contribution in [3.05, 3.63) is 100.0 Å². The highest BCUT2D eigenvalue weighted by Gasteiger charge is 2.42. The lowest BCUT2D eigenvalue weighted by atomic mass is 10.0. The van der Waals surface area contributed by atoms with E-state index < -0.39 is 10.0 Å². The highest BCUT2D eigenvalue weighted by atomic mass is 35.5. The SMILES string of the molecule is Cc1cc(N2C(=S)N[C@H](c3ccccn3)[C@H]2c2ccc(-c3ccc(Cl)c(Cl)c3)o2)ccc1NS(C)(=O)=O. The smallest absolute Gasteiger partial charge is 0.229 e. The van der Waals surface area contributed by atoms with Gasteiger partial charge < -0.3 is 14.6 Å². The highest BCUT2D eigenvalue weighted by molar-refractivity contribution is 7.92. The van der Waals surface area contributed by atoms with Crippen LogP contribution in [0, 0.1) is 6.92 Å². The highest BCUT2D eigenvalue weighted by Crippen LogP contribution is 2.43. The number of pyridine rings is 1. The molecule has 0 radical (unpaired) electrons. The molecular weight excluding hydrogens is 551 g/mol. The molecule has 0 spiro atoms. The van der Waals surface area contributed by atoms with Crippen LogP contribution in [0.3, 0.4) is 0 Å². The van der Waals surface area contributed by atoms with Crippen LogP contribution in [0.4, 0.5) is 11.4 Å². The lowest BCUT2D eigenvalue weighted by molar-refractivity contribution is 0.439. The van der Waals surface area contributed by atoms with Crippen LogP contribution < -0.4 is 14.9 Å². The Hall–Kier alpha value is -3.11. The maximum atomic E-state index is 11.8. The minimum atomic E-state index is -3.41. The second-order valence-electron chi connectivity index (χ2n) is 8.70. The molecular formula is C26H22Cl2N4O3S2. The Labute approximate surface area is 230 Å². The van der Waals surface area contributed by atoms with Gasteiger partial charge in [0, 0.05) is 17.4 Å². The lowest BCUT2D eigenvalue weighted by Gasteiger charge is -2.26. The number of anilines is 2. The summed E-state index contributed by atoms with van der Waals surface area (Å²) in [4.78, 5) is 6.52. The maximum Gasteiger partial charge on any atom is 0.229 e. The van der Waals surface area contributed by atoms with Gasteiger partial charge in [-0.25, -0.2) is 8.42 Å². The summed E-state index contributed by atoms with van der Waals surface area (Å²) in [6.07, 6.45) is 2.86. The van der Waals surface area contributed by atoms with Gasteiger partial charge in [-0.1, -0.05) is 29.3 Å². The van der Waals surface area contributed by atoms with E-state index in [2.05, 4.69) is 15.0 Å². The molecule has 2 N–H and O–H groups in total. The Morgan fingerprint density at radius 1 is 1.05 bits per heavy atom. The normalized spacial score (nSPS) is 17.6. The van der Waals surface area contributed by atoms with Crippen LogP contribution in [0.1, 0.15) is 29.1 Å². The number of hydrogen-bond acceptors (Lipinski definition) is 5. The molecule has 5 rings (SSSR count). The molecule has 190 valence electrons. The van der Waals surface area contributed by atoms with Gasteiger partial charge in [-0.3, -0.25) is 9.71 Å². The molecule has 3 heterocycles. The predicted molar refractivity (Wildman–Crippen MR) is 152 cm³/mol. The predicted octanol–water partition coefficient (Wildman–Crippen LogP) is 6.51. The molecule has 1 aliphatic rings. The van der Waals surface area contributed by atoms with E-state index in [1.54, 1.807) is 24.4 Å². The minimum Gasteiger partial charge on any atom is -0.459 e. The molecule has 2 atom stereocenters. The van der Waals surface area contributed by atoms with Gasteiger partial charge in [-0.05, 0) is 85.4 Å². The van der Waals surface area contributed by atoms with Gasteiger partial charge in [0.25, 0.3) is 0 Å². The van der Waals surface area contributed by atoms with Crippen LogP contribution >= 0.6 is 35.4 Å². The zero-order valence-electron chi connectivity index (χ0n) is 19.8. The van der Waals surface area contributed by atoms with Crippen LogP contribution in [0.2, 0.25) is 10.0 Å². The van der Waals surface area contributed by atoms with E-state index in [0.29, 0.717) is 32.4 Å². The molecule has 4 aromatic rings. The van der Waals surface area contributed by atoms with E-state index in [-0.39, 0.29) is 12.1 Å². The van der Waals surface area contributed by atoms with Crippen molar-refractivity contribution in [2.24, 2.45) is 0 Å². The summed E-state index contributed by atoms with van der Waals surface area (Å²) in [6.45, 7) is 1.84.